The molecule has 1 N–H and O–H groups in total. The van der Waals surface area contributed by atoms with Crippen LogP contribution in [0.25, 0.3) is 0 Å². The molecule has 0 saturated carbocycles. The number of halogens is 1. The Morgan fingerprint density at radius 2 is 2.18 bits per heavy atom. The quantitative estimate of drug-likeness (QED) is 0.917. The van der Waals surface area contributed by atoms with Crippen LogP contribution in [0.2, 0.25) is 5.02 Å². The van der Waals surface area contributed by atoms with Crippen LogP contribution in [0, 0.1) is 0 Å². The van der Waals surface area contributed by atoms with Gasteiger partial charge >= 0.3 is 0 Å². The monoisotopic (exact) mass is 320 g/mol. The highest BCUT2D eigenvalue weighted by atomic mass is 35.5. The van der Waals surface area contributed by atoms with Gasteiger partial charge in [0, 0.05) is 23.8 Å². The zero-order chi connectivity index (χ0) is 15.5. The van der Waals surface area contributed by atoms with E-state index < -0.39 is 6.10 Å². The van der Waals surface area contributed by atoms with E-state index in [-0.39, 0.29) is 12.5 Å². The number of aliphatic hydroxyl groups excluding tert-OH is 1. The van der Waals surface area contributed by atoms with Crippen LogP contribution in [-0.4, -0.2) is 41.7 Å². The number of aliphatic hydroxyl groups is 1. The van der Waals surface area contributed by atoms with Crippen LogP contribution in [0.3, 0.4) is 0 Å². The predicted molar refractivity (Wildman–Crippen MR) is 83.8 cm³/mol. The number of benzene rings is 1. The molecule has 0 bridgehead atoms. The number of furan rings is 1. The molecule has 1 fully saturated rings. The van der Waals surface area contributed by atoms with Crippen LogP contribution in [0.5, 0.6) is 0 Å². The largest absolute Gasteiger partial charge is 0.467 e. The summed E-state index contributed by atoms with van der Waals surface area (Å²) in [7, 11) is 0. The molecule has 1 saturated heterocycles. The molecule has 0 aliphatic carbocycles. The number of hydrogen-bond acceptors (Lipinski definition) is 4. The zero-order valence-corrected chi connectivity index (χ0v) is 12.7. The van der Waals surface area contributed by atoms with E-state index in [0.29, 0.717) is 24.7 Å². The van der Waals surface area contributed by atoms with Gasteiger partial charge in [-0.2, -0.15) is 0 Å². The molecule has 0 spiro atoms. The first kappa shape index (κ1) is 14.9. The van der Waals surface area contributed by atoms with Crippen molar-refractivity contribution >= 4 is 23.2 Å². The molecule has 0 atom stereocenters. The van der Waals surface area contributed by atoms with E-state index in [1.807, 2.05) is 35.2 Å². The van der Waals surface area contributed by atoms with E-state index in [4.69, 9.17) is 16.0 Å². The Balaban J connectivity index is 1.75. The SMILES string of the molecule is O=C(CN(Cc1ccco1)c1cccc(Cl)c1)N1CC(O)C1. The Kier molecular flexibility index (Phi) is 4.36. The van der Waals surface area contributed by atoms with E-state index in [0.717, 1.165) is 11.4 Å². The summed E-state index contributed by atoms with van der Waals surface area (Å²) >= 11 is 6.05. The highest BCUT2D eigenvalue weighted by Crippen LogP contribution is 2.22. The van der Waals surface area contributed by atoms with Crippen LogP contribution in [0.4, 0.5) is 5.69 Å². The van der Waals surface area contributed by atoms with Crippen LogP contribution in [0.1, 0.15) is 5.76 Å². The van der Waals surface area contributed by atoms with Crippen molar-refractivity contribution in [3.63, 3.8) is 0 Å². The summed E-state index contributed by atoms with van der Waals surface area (Å²) in [5.41, 5.74) is 0.860. The van der Waals surface area contributed by atoms with Crippen LogP contribution < -0.4 is 4.90 Å². The number of β-amino-alcohol motifs (C(OH)–C–C–N with tert-alkyl or cyclic N) is 1. The summed E-state index contributed by atoms with van der Waals surface area (Å²) < 4.78 is 5.38. The second-order valence-corrected chi connectivity index (χ2v) is 5.80. The van der Waals surface area contributed by atoms with Crippen molar-refractivity contribution < 1.29 is 14.3 Å². The molecule has 1 aromatic heterocycles. The maximum Gasteiger partial charge on any atom is 0.242 e. The molecular formula is C16H17ClN2O3. The molecular weight excluding hydrogens is 304 g/mol. The fraction of sp³-hybridized carbons (Fsp3) is 0.312. The number of carbonyl (C=O) groups is 1. The second-order valence-electron chi connectivity index (χ2n) is 5.37. The number of carbonyl (C=O) groups excluding carboxylic acids is 1. The van der Waals surface area contributed by atoms with Gasteiger partial charge in [-0.3, -0.25) is 4.79 Å². The van der Waals surface area contributed by atoms with Crippen molar-refractivity contribution in [1.29, 1.82) is 0 Å². The number of anilines is 1. The predicted octanol–water partition coefficient (Wildman–Crippen LogP) is 2.14. The molecule has 1 aliphatic rings. The lowest BCUT2D eigenvalue weighted by Gasteiger charge is -2.37. The standard InChI is InChI=1S/C16H17ClN2O3/c17-12-3-1-4-13(7-12)18(10-15-5-2-6-22-15)11-16(21)19-8-14(20)9-19/h1-7,14,20H,8-11H2. The number of rotatable bonds is 5. The molecule has 1 amide bonds. The average molecular weight is 321 g/mol. The van der Waals surface area contributed by atoms with Crippen molar-refractivity contribution in [2.75, 3.05) is 24.5 Å². The third kappa shape index (κ3) is 3.43. The van der Waals surface area contributed by atoms with Gasteiger partial charge in [0.05, 0.1) is 25.5 Å². The zero-order valence-electron chi connectivity index (χ0n) is 12.0. The van der Waals surface area contributed by atoms with Gasteiger partial charge in [-0.25, -0.2) is 0 Å². The summed E-state index contributed by atoms with van der Waals surface area (Å²) in [6.07, 6.45) is 1.22. The third-order valence-electron chi connectivity index (χ3n) is 3.64. The van der Waals surface area contributed by atoms with Crippen LogP contribution >= 0.6 is 11.6 Å². The first-order chi connectivity index (χ1) is 10.6. The fourth-order valence-electron chi connectivity index (χ4n) is 2.42. The van der Waals surface area contributed by atoms with Crippen molar-refractivity contribution in [3.05, 3.63) is 53.4 Å². The normalized spacial score (nSPS) is 14.7. The van der Waals surface area contributed by atoms with Gasteiger partial charge in [0.15, 0.2) is 0 Å². The minimum Gasteiger partial charge on any atom is -0.467 e. The highest BCUT2D eigenvalue weighted by molar-refractivity contribution is 6.30. The molecule has 22 heavy (non-hydrogen) atoms. The van der Waals surface area contributed by atoms with Crippen molar-refractivity contribution in [2.45, 2.75) is 12.6 Å². The van der Waals surface area contributed by atoms with Crippen molar-refractivity contribution in [1.82, 2.24) is 4.90 Å². The molecule has 5 nitrogen and oxygen atoms in total. The van der Waals surface area contributed by atoms with Crippen LogP contribution in [0.15, 0.2) is 47.1 Å². The fourth-order valence-corrected chi connectivity index (χ4v) is 2.61. The van der Waals surface area contributed by atoms with Gasteiger partial charge in [-0.05, 0) is 30.3 Å². The molecule has 0 unspecified atom stereocenters. The molecule has 1 aliphatic heterocycles. The number of nitrogens with zero attached hydrogens (tertiary/aromatic N) is 2. The number of amides is 1. The first-order valence-corrected chi connectivity index (χ1v) is 7.48. The maximum absolute atomic E-state index is 12.3. The second kappa shape index (κ2) is 6.42. The summed E-state index contributed by atoms with van der Waals surface area (Å²) in [6.45, 7) is 1.51. The lowest BCUT2D eigenvalue weighted by Crippen LogP contribution is -2.56. The molecule has 2 heterocycles. The van der Waals surface area contributed by atoms with Gasteiger partial charge in [0.2, 0.25) is 5.91 Å². The topological polar surface area (TPSA) is 56.9 Å². The Morgan fingerprint density at radius 3 is 2.82 bits per heavy atom. The molecule has 1 aromatic carbocycles. The lowest BCUT2D eigenvalue weighted by atomic mass is 10.1. The molecule has 6 heteroatoms. The minimum atomic E-state index is -0.395. The van der Waals surface area contributed by atoms with Crippen molar-refractivity contribution in [3.8, 4) is 0 Å². The van der Waals surface area contributed by atoms with Crippen molar-refractivity contribution in [2.24, 2.45) is 0 Å². The third-order valence-corrected chi connectivity index (χ3v) is 3.88. The molecule has 3 rings (SSSR count). The molecule has 0 radical (unpaired) electrons. The molecule has 2 aromatic rings. The first-order valence-electron chi connectivity index (χ1n) is 7.10. The Morgan fingerprint density at radius 1 is 1.36 bits per heavy atom. The van der Waals surface area contributed by atoms with Gasteiger partial charge < -0.3 is 19.3 Å². The summed E-state index contributed by atoms with van der Waals surface area (Å²) in [5, 5.41) is 9.94. The average Bonchev–Trinajstić information content (AvgIpc) is 2.96. The highest BCUT2D eigenvalue weighted by Gasteiger charge is 2.29. The van der Waals surface area contributed by atoms with Gasteiger partial charge in [-0.1, -0.05) is 17.7 Å². The smallest absolute Gasteiger partial charge is 0.242 e. The van der Waals surface area contributed by atoms with E-state index in [2.05, 4.69) is 0 Å². The Bertz CT molecular complexity index is 639. The Hall–Kier alpha value is -1.98. The van der Waals surface area contributed by atoms with Gasteiger partial charge in [0.25, 0.3) is 0 Å². The minimum absolute atomic E-state index is 0.0168. The van der Waals surface area contributed by atoms with E-state index in [1.165, 1.54) is 0 Å². The number of likely N-dealkylation sites (tertiary alicyclic amines) is 1. The Labute approximate surface area is 133 Å². The lowest BCUT2D eigenvalue weighted by molar-refractivity contribution is -0.139. The van der Waals surface area contributed by atoms with Gasteiger partial charge in [0.1, 0.15) is 5.76 Å². The van der Waals surface area contributed by atoms with E-state index in [1.54, 1.807) is 17.2 Å². The summed E-state index contributed by atoms with van der Waals surface area (Å²) in [6, 6.07) is 11.1. The van der Waals surface area contributed by atoms with E-state index >= 15 is 0 Å². The number of hydrogen-bond donors (Lipinski definition) is 1. The summed E-state index contributed by atoms with van der Waals surface area (Å²) in [5.74, 6) is 0.758. The van der Waals surface area contributed by atoms with Gasteiger partial charge in [-0.15, -0.1) is 0 Å². The summed E-state index contributed by atoms with van der Waals surface area (Å²) in [4.78, 5) is 15.8. The van der Waals surface area contributed by atoms with E-state index in [9.17, 15) is 9.90 Å². The van der Waals surface area contributed by atoms with Crippen LogP contribution in [-0.2, 0) is 11.3 Å². The molecule has 116 valence electrons. The maximum atomic E-state index is 12.3.